The van der Waals surface area contributed by atoms with Crippen molar-refractivity contribution in [3.63, 3.8) is 0 Å². The van der Waals surface area contributed by atoms with E-state index in [4.69, 9.17) is 14.9 Å². The zero-order chi connectivity index (χ0) is 30.9. The number of anilines is 1. The molecule has 3 aliphatic rings. The van der Waals surface area contributed by atoms with Gasteiger partial charge in [0, 0.05) is 17.7 Å². The lowest BCUT2D eigenvalue weighted by Crippen LogP contribution is -2.45. The van der Waals surface area contributed by atoms with Crippen molar-refractivity contribution < 1.29 is 40.1 Å². The Balaban J connectivity index is 1.22. The summed E-state index contributed by atoms with van der Waals surface area (Å²) in [5.74, 6) is -2.10. The standard InChI is InChI=1S/C28H25F3N6O6S/c29-28(30,31)26-33-22(36-43-26)16-4-2-15(3-5-16)13-37-20-12-17(6-9-21(20)44(39,40)14-19(32)24(37)38)23-34-35-25(42-23)27(18-7-8-18)10-1-11-41-27/h2-6,9,12,18-19H,1,7-8,10-11,13-14,32H2/t19-,27?/m0/s1. The van der Waals surface area contributed by atoms with Crippen molar-refractivity contribution in [3.8, 4) is 22.8 Å². The van der Waals surface area contributed by atoms with E-state index in [0.717, 1.165) is 25.7 Å². The summed E-state index contributed by atoms with van der Waals surface area (Å²) in [5, 5.41) is 11.9. The largest absolute Gasteiger partial charge is 0.471 e. The Kier molecular flexibility index (Phi) is 6.64. The fourth-order valence-electron chi connectivity index (χ4n) is 5.79. The Morgan fingerprint density at radius 1 is 1.07 bits per heavy atom. The lowest BCUT2D eigenvalue weighted by molar-refractivity contribution is -0.159. The van der Waals surface area contributed by atoms with Crippen LogP contribution in [0.4, 0.5) is 18.9 Å². The van der Waals surface area contributed by atoms with E-state index in [2.05, 4.69) is 24.9 Å². The molecule has 2 aliphatic heterocycles. The van der Waals surface area contributed by atoms with Gasteiger partial charge >= 0.3 is 12.1 Å². The Bertz CT molecular complexity index is 1850. The van der Waals surface area contributed by atoms with Gasteiger partial charge in [0.15, 0.2) is 9.84 Å². The number of sulfone groups is 1. The molecule has 4 heterocycles. The average Bonchev–Trinajstić information content (AvgIpc) is 3.39. The van der Waals surface area contributed by atoms with Gasteiger partial charge in [-0.2, -0.15) is 18.2 Å². The van der Waals surface area contributed by atoms with E-state index in [1.807, 2.05) is 0 Å². The molecular formula is C28H25F3N6O6S. The minimum absolute atomic E-state index is 0.0843. The topological polar surface area (TPSA) is 168 Å². The number of fused-ring (bicyclic) bond motifs is 1. The first-order valence-electron chi connectivity index (χ1n) is 13.9. The highest BCUT2D eigenvalue weighted by Gasteiger charge is 2.53. The van der Waals surface area contributed by atoms with Gasteiger partial charge in [0.25, 0.3) is 0 Å². The lowest BCUT2D eigenvalue weighted by atomic mass is 9.94. The van der Waals surface area contributed by atoms with Crippen LogP contribution in [0.25, 0.3) is 22.8 Å². The Hall–Kier alpha value is -4.15. The second kappa shape index (κ2) is 10.2. The van der Waals surface area contributed by atoms with Gasteiger partial charge in [0.1, 0.15) is 5.60 Å². The van der Waals surface area contributed by atoms with Crippen LogP contribution < -0.4 is 10.6 Å². The molecule has 1 saturated carbocycles. The normalized spacial score (nSPS) is 23.5. The highest BCUT2D eigenvalue weighted by atomic mass is 32.2. The number of carbonyl (C=O) groups is 1. The summed E-state index contributed by atoms with van der Waals surface area (Å²) in [4.78, 5) is 18.0. The number of rotatable bonds is 6. The van der Waals surface area contributed by atoms with Crippen molar-refractivity contribution in [2.24, 2.45) is 11.7 Å². The fourth-order valence-corrected chi connectivity index (χ4v) is 7.35. The van der Waals surface area contributed by atoms with E-state index in [1.165, 1.54) is 29.2 Å². The zero-order valence-corrected chi connectivity index (χ0v) is 23.8. The first-order valence-corrected chi connectivity index (χ1v) is 15.5. The SMILES string of the molecule is N[C@H]1CS(=O)(=O)c2ccc(-c3nnc(C4(C5CC5)CCCO4)o3)cc2N(Cc2ccc(-c3noc(C(F)(F)F)n3)cc2)C1=O. The molecule has 2 fully saturated rings. The summed E-state index contributed by atoms with van der Waals surface area (Å²) in [5.41, 5.74) is 6.71. The first-order chi connectivity index (χ1) is 20.9. The van der Waals surface area contributed by atoms with Crippen molar-refractivity contribution >= 4 is 21.4 Å². The van der Waals surface area contributed by atoms with Crippen molar-refractivity contribution in [2.75, 3.05) is 17.3 Å². The quantitative estimate of drug-likeness (QED) is 0.328. The van der Waals surface area contributed by atoms with Gasteiger partial charge in [0.05, 0.1) is 28.9 Å². The van der Waals surface area contributed by atoms with Gasteiger partial charge in [-0.05, 0) is 55.4 Å². The van der Waals surface area contributed by atoms with Crippen LogP contribution in [-0.2, 0) is 37.7 Å². The van der Waals surface area contributed by atoms with Crippen molar-refractivity contribution in [1.29, 1.82) is 0 Å². The summed E-state index contributed by atoms with van der Waals surface area (Å²) in [6.45, 7) is 0.513. The summed E-state index contributed by atoms with van der Waals surface area (Å²) < 4.78 is 81.6. The van der Waals surface area contributed by atoms with Crippen LogP contribution in [0.3, 0.4) is 0 Å². The molecule has 0 radical (unpaired) electrons. The number of nitrogens with two attached hydrogens (primary N) is 1. The van der Waals surface area contributed by atoms with Gasteiger partial charge in [-0.15, -0.1) is 10.2 Å². The third-order valence-electron chi connectivity index (χ3n) is 8.11. The van der Waals surface area contributed by atoms with Crippen LogP contribution >= 0.6 is 0 Å². The number of alkyl halides is 3. The van der Waals surface area contributed by atoms with E-state index in [-0.39, 0.29) is 34.4 Å². The number of amides is 1. The number of carbonyl (C=O) groups excluding carboxylic acids is 1. The van der Waals surface area contributed by atoms with E-state index in [0.29, 0.717) is 29.5 Å². The number of hydrogen-bond donors (Lipinski definition) is 1. The van der Waals surface area contributed by atoms with Crippen LogP contribution in [-0.4, -0.2) is 53.1 Å². The molecule has 4 aromatic rings. The molecule has 16 heteroatoms. The molecule has 2 aromatic heterocycles. The molecule has 1 aliphatic carbocycles. The lowest BCUT2D eigenvalue weighted by Gasteiger charge is -2.24. The van der Waals surface area contributed by atoms with E-state index in [9.17, 15) is 26.4 Å². The van der Waals surface area contributed by atoms with Crippen molar-refractivity contribution in [1.82, 2.24) is 20.3 Å². The fraction of sp³-hybridized carbons (Fsp3) is 0.393. The number of aromatic nitrogens is 4. The Labute approximate surface area is 248 Å². The van der Waals surface area contributed by atoms with Crippen LogP contribution in [0.1, 0.15) is 43.0 Å². The summed E-state index contributed by atoms with van der Waals surface area (Å²) in [7, 11) is -3.95. The third kappa shape index (κ3) is 4.95. The predicted molar refractivity (Wildman–Crippen MR) is 145 cm³/mol. The minimum Gasteiger partial charge on any atom is -0.418 e. The molecule has 2 atom stereocenters. The predicted octanol–water partition coefficient (Wildman–Crippen LogP) is 3.87. The number of hydrogen-bond acceptors (Lipinski definition) is 11. The molecule has 1 saturated heterocycles. The summed E-state index contributed by atoms with van der Waals surface area (Å²) in [6, 6.07) is 9.17. The van der Waals surface area contributed by atoms with Crippen molar-refractivity contribution in [2.45, 2.75) is 54.9 Å². The summed E-state index contributed by atoms with van der Waals surface area (Å²) in [6.07, 6.45) is -1.11. The van der Waals surface area contributed by atoms with Crippen molar-refractivity contribution in [3.05, 3.63) is 59.8 Å². The maximum absolute atomic E-state index is 13.5. The monoisotopic (exact) mass is 630 g/mol. The van der Waals surface area contributed by atoms with Crippen LogP contribution in [0.5, 0.6) is 0 Å². The maximum atomic E-state index is 13.5. The van der Waals surface area contributed by atoms with Gasteiger partial charge in [0.2, 0.25) is 23.5 Å². The molecule has 0 bridgehead atoms. The van der Waals surface area contributed by atoms with Crippen LogP contribution in [0.2, 0.25) is 0 Å². The van der Waals surface area contributed by atoms with E-state index in [1.54, 1.807) is 18.2 Å². The van der Waals surface area contributed by atoms with E-state index >= 15 is 0 Å². The highest BCUT2D eigenvalue weighted by molar-refractivity contribution is 7.91. The summed E-state index contributed by atoms with van der Waals surface area (Å²) >= 11 is 0. The molecule has 7 rings (SSSR count). The Morgan fingerprint density at radius 2 is 1.82 bits per heavy atom. The number of benzene rings is 2. The van der Waals surface area contributed by atoms with Crippen LogP contribution in [0.15, 0.2) is 56.3 Å². The minimum atomic E-state index is -4.78. The first kappa shape index (κ1) is 28.6. The average molecular weight is 631 g/mol. The third-order valence-corrected chi connectivity index (χ3v) is 9.92. The van der Waals surface area contributed by atoms with Crippen LogP contribution in [0, 0.1) is 5.92 Å². The van der Waals surface area contributed by atoms with Gasteiger partial charge < -0.3 is 24.3 Å². The molecule has 12 nitrogen and oxygen atoms in total. The van der Waals surface area contributed by atoms with Gasteiger partial charge in [-0.25, -0.2) is 8.42 Å². The Morgan fingerprint density at radius 3 is 2.48 bits per heavy atom. The number of ether oxygens (including phenoxy) is 1. The molecule has 1 unspecified atom stereocenters. The number of halogens is 3. The second-order valence-corrected chi connectivity index (χ2v) is 13.1. The zero-order valence-electron chi connectivity index (χ0n) is 23.0. The molecule has 0 spiro atoms. The highest BCUT2D eigenvalue weighted by Crippen LogP contribution is 2.53. The smallest absolute Gasteiger partial charge is 0.418 e. The number of nitrogens with zero attached hydrogens (tertiary/aromatic N) is 5. The van der Waals surface area contributed by atoms with Gasteiger partial charge in [-0.3, -0.25) is 4.79 Å². The molecule has 2 N–H and O–H groups in total. The molecule has 1 amide bonds. The molecule has 44 heavy (non-hydrogen) atoms. The van der Waals surface area contributed by atoms with Gasteiger partial charge in [-0.1, -0.05) is 29.4 Å². The maximum Gasteiger partial charge on any atom is 0.471 e. The van der Waals surface area contributed by atoms with E-state index < -0.39 is 45.2 Å². The second-order valence-electron chi connectivity index (χ2n) is 11.1. The molecule has 230 valence electrons. The molecule has 2 aromatic carbocycles. The molecular weight excluding hydrogens is 605 g/mol.